The number of hydrogen-bond donors (Lipinski definition) is 1. The van der Waals surface area contributed by atoms with Gasteiger partial charge in [0.2, 0.25) is 0 Å². The maximum absolute atomic E-state index is 13.0. The zero-order chi connectivity index (χ0) is 19.8. The van der Waals surface area contributed by atoms with Crippen molar-refractivity contribution < 1.29 is 14.7 Å². The van der Waals surface area contributed by atoms with Gasteiger partial charge in [-0.3, -0.25) is 19.5 Å². The summed E-state index contributed by atoms with van der Waals surface area (Å²) in [5.74, 6) is -1.52. The van der Waals surface area contributed by atoms with Gasteiger partial charge in [-0.2, -0.15) is 0 Å². The van der Waals surface area contributed by atoms with Crippen LogP contribution in [0.5, 0.6) is 0 Å². The number of Topliss-reactive ketones (excluding diaryl/α,β-unsaturated/α-hetero) is 1. The molecular weight excluding hydrogens is 372 g/mol. The number of aryl methyl sites for hydroxylation is 2. The molecule has 140 valence electrons. The SMILES string of the molecule is Cc1ccc(N2C(=O)C(=O)/C(=C(\O)c3ccncc3)C2c2cccs2)cc1C. The highest BCUT2D eigenvalue weighted by molar-refractivity contribution is 7.10. The van der Waals surface area contributed by atoms with E-state index in [0.29, 0.717) is 11.3 Å². The summed E-state index contributed by atoms with van der Waals surface area (Å²) in [5, 5.41) is 12.8. The number of carbonyl (C=O) groups excluding carboxylic acids is 2. The van der Waals surface area contributed by atoms with Crippen molar-refractivity contribution in [3.8, 4) is 0 Å². The second-order valence-corrected chi connectivity index (χ2v) is 7.67. The van der Waals surface area contributed by atoms with E-state index in [9.17, 15) is 14.7 Å². The Kier molecular flexibility index (Phi) is 4.57. The van der Waals surface area contributed by atoms with E-state index in [1.165, 1.54) is 28.6 Å². The topological polar surface area (TPSA) is 70.5 Å². The number of pyridine rings is 1. The van der Waals surface area contributed by atoms with Crippen LogP contribution >= 0.6 is 11.3 Å². The van der Waals surface area contributed by atoms with Crippen molar-refractivity contribution >= 4 is 34.5 Å². The maximum Gasteiger partial charge on any atom is 0.300 e. The van der Waals surface area contributed by atoms with Crippen molar-refractivity contribution in [3.05, 3.63) is 87.4 Å². The predicted octanol–water partition coefficient (Wildman–Crippen LogP) is 4.39. The Bertz CT molecular complexity index is 1090. The lowest BCUT2D eigenvalue weighted by atomic mass is 10.00. The highest BCUT2D eigenvalue weighted by Crippen LogP contribution is 2.43. The van der Waals surface area contributed by atoms with Crippen molar-refractivity contribution in [2.75, 3.05) is 4.90 Å². The quantitative estimate of drug-likeness (QED) is 0.409. The maximum atomic E-state index is 13.0. The lowest BCUT2D eigenvalue weighted by molar-refractivity contribution is -0.132. The summed E-state index contributed by atoms with van der Waals surface area (Å²) in [4.78, 5) is 32.2. The van der Waals surface area contributed by atoms with Gasteiger partial charge in [0.15, 0.2) is 0 Å². The number of aliphatic hydroxyl groups excluding tert-OH is 1. The number of thiophene rings is 1. The smallest absolute Gasteiger partial charge is 0.300 e. The molecule has 0 saturated carbocycles. The average molecular weight is 390 g/mol. The summed E-state index contributed by atoms with van der Waals surface area (Å²) in [7, 11) is 0. The number of ketones is 1. The fraction of sp³-hybridized carbons (Fsp3) is 0.136. The summed E-state index contributed by atoms with van der Waals surface area (Å²) < 4.78 is 0. The van der Waals surface area contributed by atoms with Crippen molar-refractivity contribution in [2.24, 2.45) is 0 Å². The monoisotopic (exact) mass is 390 g/mol. The molecule has 6 heteroatoms. The zero-order valence-corrected chi connectivity index (χ0v) is 16.2. The predicted molar refractivity (Wildman–Crippen MR) is 109 cm³/mol. The normalized spacial score (nSPS) is 18.6. The fourth-order valence-corrected chi connectivity index (χ4v) is 4.18. The van der Waals surface area contributed by atoms with Crippen LogP contribution in [0, 0.1) is 13.8 Å². The van der Waals surface area contributed by atoms with Gasteiger partial charge in [-0.05, 0) is 60.7 Å². The number of hydrogen-bond acceptors (Lipinski definition) is 5. The van der Waals surface area contributed by atoms with Crippen molar-refractivity contribution in [1.82, 2.24) is 4.98 Å². The number of anilines is 1. The second kappa shape index (κ2) is 7.05. The fourth-order valence-electron chi connectivity index (χ4n) is 3.36. The van der Waals surface area contributed by atoms with Crippen LogP contribution in [0.4, 0.5) is 5.69 Å². The molecule has 5 nitrogen and oxygen atoms in total. The van der Waals surface area contributed by atoms with Crippen LogP contribution in [0.25, 0.3) is 5.76 Å². The Balaban J connectivity index is 1.93. The van der Waals surface area contributed by atoms with Gasteiger partial charge in [0.1, 0.15) is 11.8 Å². The van der Waals surface area contributed by atoms with E-state index in [-0.39, 0.29) is 11.3 Å². The first-order chi connectivity index (χ1) is 13.5. The first-order valence-corrected chi connectivity index (χ1v) is 9.69. The van der Waals surface area contributed by atoms with Crippen LogP contribution < -0.4 is 4.90 Å². The number of amides is 1. The van der Waals surface area contributed by atoms with E-state index >= 15 is 0 Å². The van der Waals surface area contributed by atoms with Crippen LogP contribution in [0.3, 0.4) is 0 Å². The Labute approximate surface area is 166 Å². The molecular formula is C22H18N2O3S. The van der Waals surface area contributed by atoms with Crippen LogP contribution in [-0.2, 0) is 9.59 Å². The highest BCUT2D eigenvalue weighted by Gasteiger charge is 2.47. The number of benzene rings is 1. The van der Waals surface area contributed by atoms with Gasteiger partial charge in [-0.1, -0.05) is 12.1 Å². The summed E-state index contributed by atoms with van der Waals surface area (Å²) in [5.41, 5.74) is 3.31. The molecule has 1 aliphatic heterocycles. The number of aliphatic hydroxyl groups is 1. The van der Waals surface area contributed by atoms with Crippen LogP contribution in [0.1, 0.15) is 27.6 Å². The van der Waals surface area contributed by atoms with Gasteiger partial charge in [0.25, 0.3) is 11.7 Å². The van der Waals surface area contributed by atoms with Gasteiger partial charge in [-0.25, -0.2) is 0 Å². The Morgan fingerprint density at radius 2 is 1.82 bits per heavy atom. The molecule has 1 aromatic carbocycles. The highest BCUT2D eigenvalue weighted by atomic mass is 32.1. The molecule has 4 rings (SSSR count). The molecule has 0 bridgehead atoms. The van der Waals surface area contributed by atoms with Gasteiger partial charge in [0.05, 0.1) is 5.57 Å². The molecule has 0 radical (unpaired) electrons. The summed E-state index contributed by atoms with van der Waals surface area (Å²) in [6.45, 7) is 3.96. The van der Waals surface area contributed by atoms with Gasteiger partial charge in [-0.15, -0.1) is 11.3 Å². The van der Waals surface area contributed by atoms with E-state index in [4.69, 9.17) is 0 Å². The molecule has 3 aromatic rings. The average Bonchev–Trinajstić information content (AvgIpc) is 3.32. The summed E-state index contributed by atoms with van der Waals surface area (Å²) >= 11 is 1.44. The summed E-state index contributed by atoms with van der Waals surface area (Å²) in [6, 6.07) is 12.0. The van der Waals surface area contributed by atoms with Gasteiger partial charge < -0.3 is 5.11 Å². The molecule has 0 aliphatic carbocycles. The van der Waals surface area contributed by atoms with Gasteiger partial charge in [0, 0.05) is 28.5 Å². The third-order valence-corrected chi connectivity index (χ3v) is 5.90. The van der Waals surface area contributed by atoms with E-state index in [2.05, 4.69) is 4.98 Å². The minimum Gasteiger partial charge on any atom is -0.507 e. The van der Waals surface area contributed by atoms with E-state index < -0.39 is 17.7 Å². The number of aromatic nitrogens is 1. The molecule has 3 heterocycles. The Hall–Kier alpha value is -3.25. The number of carbonyl (C=O) groups is 2. The van der Waals surface area contributed by atoms with Gasteiger partial charge >= 0.3 is 0 Å². The lowest BCUT2D eigenvalue weighted by Gasteiger charge is -2.24. The minimum absolute atomic E-state index is 0.0943. The third-order valence-electron chi connectivity index (χ3n) is 4.98. The Morgan fingerprint density at radius 1 is 1.07 bits per heavy atom. The molecule has 1 aliphatic rings. The van der Waals surface area contributed by atoms with E-state index in [1.807, 2.05) is 49.6 Å². The third kappa shape index (κ3) is 2.92. The number of nitrogens with zero attached hydrogens (tertiary/aromatic N) is 2. The van der Waals surface area contributed by atoms with E-state index in [1.54, 1.807) is 12.1 Å². The molecule has 1 atom stereocenters. The second-order valence-electron chi connectivity index (χ2n) is 6.69. The molecule has 1 unspecified atom stereocenters. The van der Waals surface area contributed by atoms with Crippen molar-refractivity contribution in [1.29, 1.82) is 0 Å². The van der Waals surface area contributed by atoms with Crippen LogP contribution in [0.15, 0.2) is 65.8 Å². The minimum atomic E-state index is -0.689. The first-order valence-electron chi connectivity index (χ1n) is 8.81. The molecule has 1 amide bonds. The molecule has 1 fully saturated rings. The largest absolute Gasteiger partial charge is 0.507 e. The van der Waals surface area contributed by atoms with Crippen molar-refractivity contribution in [3.63, 3.8) is 0 Å². The zero-order valence-electron chi connectivity index (χ0n) is 15.4. The molecule has 1 N–H and O–H groups in total. The Morgan fingerprint density at radius 3 is 2.46 bits per heavy atom. The standard InChI is InChI=1S/C22H18N2O3S/c1-13-5-6-16(12-14(13)2)24-19(17-4-3-11-28-17)18(21(26)22(24)27)20(25)15-7-9-23-10-8-15/h3-12,19,25H,1-2H3/b20-18-. The summed E-state index contributed by atoms with van der Waals surface area (Å²) in [6.07, 6.45) is 3.07. The molecule has 2 aromatic heterocycles. The first kappa shape index (κ1) is 18.1. The molecule has 28 heavy (non-hydrogen) atoms. The number of rotatable bonds is 3. The van der Waals surface area contributed by atoms with E-state index in [0.717, 1.165) is 16.0 Å². The molecule has 0 spiro atoms. The van der Waals surface area contributed by atoms with Crippen LogP contribution in [0.2, 0.25) is 0 Å². The van der Waals surface area contributed by atoms with Crippen LogP contribution in [-0.4, -0.2) is 21.8 Å². The molecule has 1 saturated heterocycles. The van der Waals surface area contributed by atoms with Crippen molar-refractivity contribution in [2.45, 2.75) is 19.9 Å². The lowest BCUT2D eigenvalue weighted by Crippen LogP contribution is -2.29.